The van der Waals surface area contributed by atoms with Gasteiger partial charge in [0.1, 0.15) is 23.7 Å². The van der Waals surface area contributed by atoms with Gasteiger partial charge < -0.3 is 20.3 Å². The summed E-state index contributed by atoms with van der Waals surface area (Å²) in [6.45, 7) is 1.98. The maximum Gasteiger partial charge on any atom is 0.270 e. The van der Waals surface area contributed by atoms with Gasteiger partial charge in [-0.3, -0.25) is 14.7 Å². The number of thiazole rings is 1. The first kappa shape index (κ1) is 22.3. The van der Waals surface area contributed by atoms with Crippen molar-refractivity contribution in [2.24, 2.45) is 0 Å². The molecule has 0 spiro atoms. The van der Waals surface area contributed by atoms with Crippen LogP contribution in [0.5, 0.6) is 5.75 Å². The summed E-state index contributed by atoms with van der Waals surface area (Å²) in [4.78, 5) is 22.4. The Bertz CT molecular complexity index is 1000. The van der Waals surface area contributed by atoms with Crippen molar-refractivity contribution in [1.29, 1.82) is 0 Å². The van der Waals surface area contributed by atoms with E-state index < -0.39 is 11.7 Å². The number of β-amino-alcohol motifs (C(OH)–C–C–N with tert-alkyl or cyclic N) is 1. The fourth-order valence-electron chi connectivity index (χ4n) is 3.61. The lowest BCUT2D eigenvalue weighted by Gasteiger charge is -2.42. The van der Waals surface area contributed by atoms with Crippen molar-refractivity contribution in [3.63, 3.8) is 0 Å². The van der Waals surface area contributed by atoms with Crippen molar-refractivity contribution in [2.45, 2.75) is 31.3 Å². The van der Waals surface area contributed by atoms with Gasteiger partial charge in [0.15, 0.2) is 0 Å². The molecule has 3 heterocycles. The highest BCUT2D eigenvalue weighted by atomic mass is 32.1. The smallest absolute Gasteiger partial charge is 0.270 e. The van der Waals surface area contributed by atoms with E-state index >= 15 is 0 Å². The Morgan fingerprint density at radius 1 is 1.25 bits per heavy atom. The molecule has 3 aromatic rings. The molecule has 8 nitrogen and oxygen atoms in total. The van der Waals surface area contributed by atoms with Crippen molar-refractivity contribution in [1.82, 2.24) is 20.2 Å². The zero-order valence-corrected chi connectivity index (χ0v) is 18.4. The molecule has 32 heavy (non-hydrogen) atoms. The molecule has 0 aliphatic carbocycles. The summed E-state index contributed by atoms with van der Waals surface area (Å²) in [5.74, 6) is 0.419. The van der Waals surface area contributed by atoms with Gasteiger partial charge in [-0.15, -0.1) is 11.3 Å². The van der Waals surface area contributed by atoms with E-state index in [1.54, 1.807) is 17.1 Å². The standard InChI is InChI=1S/C23H26N4O4S/c28-21-12-27(10-8-23(21,30)15-25-22(29)20-14-32-16-26-20)11-17-4-6-19(7-5-17)31-13-18-3-1-2-9-24-18/h1-7,9,14,16,21,28,30H,8,10-13,15H2,(H,25,29)/t21-,23-/m1/s1. The van der Waals surface area contributed by atoms with Crippen LogP contribution >= 0.6 is 11.3 Å². The highest BCUT2D eigenvalue weighted by molar-refractivity contribution is 7.07. The number of carbonyl (C=O) groups is 1. The maximum absolute atomic E-state index is 12.1. The number of nitrogens with one attached hydrogen (secondary N) is 1. The summed E-state index contributed by atoms with van der Waals surface area (Å²) < 4.78 is 5.77. The average Bonchev–Trinajstić information content (AvgIpc) is 3.36. The van der Waals surface area contributed by atoms with Gasteiger partial charge in [-0.25, -0.2) is 4.98 Å². The molecule has 2 aromatic heterocycles. The highest BCUT2D eigenvalue weighted by Crippen LogP contribution is 2.24. The van der Waals surface area contributed by atoms with Gasteiger partial charge in [-0.2, -0.15) is 0 Å². The number of nitrogens with zero attached hydrogens (tertiary/aromatic N) is 3. The summed E-state index contributed by atoms with van der Waals surface area (Å²) in [6.07, 6.45) is 1.13. The minimum atomic E-state index is -1.36. The van der Waals surface area contributed by atoms with Crippen molar-refractivity contribution in [3.05, 3.63) is 76.5 Å². The monoisotopic (exact) mass is 454 g/mol. The average molecular weight is 455 g/mol. The topological polar surface area (TPSA) is 108 Å². The van der Waals surface area contributed by atoms with Crippen molar-refractivity contribution >= 4 is 17.2 Å². The lowest BCUT2D eigenvalue weighted by Crippen LogP contribution is -2.60. The Labute approximate surface area is 190 Å². The van der Waals surface area contributed by atoms with Crippen LogP contribution in [-0.2, 0) is 13.2 Å². The second-order valence-electron chi connectivity index (χ2n) is 7.91. The normalized spacial score (nSPS) is 21.2. The zero-order valence-electron chi connectivity index (χ0n) is 17.6. The van der Waals surface area contributed by atoms with Crippen LogP contribution < -0.4 is 10.1 Å². The SMILES string of the molecule is O=C(NC[C@]1(O)CCN(Cc2ccc(OCc3ccccn3)cc2)C[C@H]1O)c1cscn1. The van der Waals surface area contributed by atoms with Crippen molar-refractivity contribution in [3.8, 4) is 5.75 Å². The molecule has 4 rings (SSSR count). The zero-order chi connectivity index (χ0) is 22.4. The summed E-state index contributed by atoms with van der Waals surface area (Å²) in [5, 5.41) is 25.7. The highest BCUT2D eigenvalue weighted by Gasteiger charge is 2.40. The first-order valence-electron chi connectivity index (χ1n) is 10.4. The number of aliphatic hydroxyl groups is 2. The van der Waals surface area contributed by atoms with Crippen LogP contribution in [-0.4, -0.2) is 62.3 Å². The molecule has 1 aromatic carbocycles. The summed E-state index contributed by atoms with van der Waals surface area (Å²) in [5.41, 5.74) is 2.50. The van der Waals surface area contributed by atoms with E-state index in [0.29, 0.717) is 38.4 Å². The molecule has 1 fully saturated rings. The largest absolute Gasteiger partial charge is 0.487 e. The number of aromatic nitrogens is 2. The van der Waals surface area contributed by atoms with Gasteiger partial charge in [0, 0.05) is 37.8 Å². The number of aliphatic hydroxyl groups excluding tert-OH is 1. The molecule has 1 aliphatic rings. The number of benzene rings is 1. The van der Waals surface area contributed by atoms with Crippen LogP contribution in [0.1, 0.15) is 28.2 Å². The van der Waals surface area contributed by atoms with Gasteiger partial charge in [0.2, 0.25) is 0 Å². The second-order valence-corrected chi connectivity index (χ2v) is 8.63. The predicted molar refractivity (Wildman–Crippen MR) is 120 cm³/mol. The fourth-order valence-corrected chi connectivity index (χ4v) is 4.14. The number of amides is 1. The fraction of sp³-hybridized carbons (Fsp3) is 0.348. The van der Waals surface area contributed by atoms with Gasteiger partial charge in [-0.1, -0.05) is 18.2 Å². The van der Waals surface area contributed by atoms with Crippen LogP contribution in [0.25, 0.3) is 0 Å². The number of rotatable bonds is 8. The quantitative estimate of drug-likeness (QED) is 0.477. The van der Waals surface area contributed by atoms with E-state index in [0.717, 1.165) is 17.0 Å². The third-order valence-corrected chi connectivity index (χ3v) is 6.16. The second kappa shape index (κ2) is 10.2. The number of hydrogen-bond donors (Lipinski definition) is 3. The molecular formula is C23H26N4O4S. The number of likely N-dealkylation sites (tertiary alicyclic amines) is 1. The van der Waals surface area contributed by atoms with Gasteiger partial charge in [0.25, 0.3) is 5.91 Å². The summed E-state index contributed by atoms with van der Waals surface area (Å²) in [6, 6.07) is 13.5. The minimum absolute atomic E-state index is 0.0132. The van der Waals surface area contributed by atoms with Gasteiger partial charge in [0.05, 0.1) is 17.3 Å². The molecule has 2 atom stereocenters. The van der Waals surface area contributed by atoms with E-state index in [9.17, 15) is 15.0 Å². The first-order chi connectivity index (χ1) is 15.5. The lowest BCUT2D eigenvalue weighted by molar-refractivity contribution is -0.116. The molecule has 0 radical (unpaired) electrons. The Morgan fingerprint density at radius 3 is 2.78 bits per heavy atom. The first-order valence-corrected chi connectivity index (χ1v) is 11.4. The molecule has 9 heteroatoms. The minimum Gasteiger partial charge on any atom is -0.487 e. The number of piperidine rings is 1. The van der Waals surface area contributed by atoms with Crippen molar-refractivity contribution in [2.75, 3.05) is 19.6 Å². The van der Waals surface area contributed by atoms with Gasteiger partial charge in [-0.05, 0) is 36.2 Å². The molecule has 0 saturated carbocycles. The van der Waals surface area contributed by atoms with Crippen LogP contribution in [0.4, 0.5) is 0 Å². The molecule has 168 valence electrons. The molecule has 0 unspecified atom stereocenters. The Balaban J connectivity index is 1.25. The van der Waals surface area contributed by atoms with Crippen LogP contribution in [0, 0.1) is 0 Å². The molecule has 1 saturated heterocycles. The van der Waals surface area contributed by atoms with E-state index in [-0.39, 0.29) is 12.5 Å². The molecule has 1 amide bonds. The number of carbonyl (C=O) groups excluding carboxylic acids is 1. The van der Waals surface area contributed by atoms with Crippen LogP contribution in [0.3, 0.4) is 0 Å². The number of hydrogen-bond acceptors (Lipinski definition) is 8. The third kappa shape index (κ3) is 5.68. The van der Waals surface area contributed by atoms with Crippen LogP contribution in [0.15, 0.2) is 59.6 Å². The Morgan fingerprint density at radius 2 is 2.09 bits per heavy atom. The summed E-state index contributed by atoms with van der Waals surface area (Å²) >= 11 is 1.33. The molecule has 1 aliphatic heterocycles. The number of ether oxygens (including phenoxy) is 1. The third-order valence-electron chi connectivity index (χ3n) is 5.57. The Hall–Kier alpha value is -2.85. The van der Waals surface area contributed by atoms with Gasteiger partial charge >= 0.3 is 0 Å². The van der Waals surface area contributed by atoms with E-state index in [4.69, 9.17) is 4.74 Å². The van der Waals surface area contributed by atoms with E-state index in [1.165, 1.54) is 11.3 Å². The predicted octanol–water partition coefficient (Wildman–Crippen LogP) is 1.84. The number of pyridine rings is 1. The molecule has 0 bridgehead atoms. The van der Waals surface area contributed by atoms with Crippen molar-refractivity contribution < 1.29 is 19.7 Å². The lowest BCUT2D eigenvalue weighted by atomic mass is 9.88. The Kier molecular flexibility index (Phi) is 7.11. The van der Waals surface area contributed by atoms with E-state index in [1.807, 2.05) is 42.5 Å². The molecule has 3 N–H and O–H groups in total. The summed E-state index contributed by atoms with van der Waals surface area (Å²) in [7, 11) is 0. The van der Waals surface area contributed by atoms with E-state index in [2.05, 4.69) is 20.2 Å². The van der Waals surface area contributed by atoms with Crippen LogP contribution in [0.2, 0.25) is 0 Å². The molecular weight excluding hydrogens is 428 g/mol. The maximum atomic E-state index is 12.1.